The quantitative estimate of drug-likeness (QED) is 0.789. The fraction of sp³-hybridized carbons (Fsp3) is 0.474. The third kappa shape index (κ3) is 5.26. The summed E-state index contributed by atoms with van der Waals surface area (Å²) in [6, 6.07) is 2.70. The Labute approximate surface area is 161 Å². The van der Waals surface area contributed by atoms with E-state index in [2.05, 4.69) is 22.5 Å². The van der Waals surface area contributed by atoms with Gasteiger partial charge in [-0.2, -0.15) is 0 Å². The van der Waals surface area contributed by atoms with Gasteiger partial charge in [0, 0.05) is 23.4 Å². The third-order valence-corrected chi connectivity index (χ3v) is 5.67. The van der Waals surface area contributed by atoms with E-state index in [1.807, 2.05) is 5.38 Å². The van der Waals surface area contributed by atoms with E-state index in [-0.39, 0.29) is 23.8 Å². The number of rotatable bonds is 6. The van der Waals surface area contributed by atoms with Crippen molar-refractivity contribution in [2.24, 2.45) is 5.92 Å². The van der Waals surface area contributed by atoms with Gasteiger partial charge in [0.2, 0.25) is 5.91 Å². The van der Waals surface area contributed by atoms with Gasteiger partial charge in [-0.3, -0.25) is 9.59 Å². The molecule has 2 aromatic heterocycles. The average molecular weight is 389 g/mol. The smallest absolute Gasteiger partial charge is 0.335 e. The van der Waals surface area contributed by atoms with Crippen molar-refractivity contribution in [2.75, 3.05) is 0 Å². The maximum Gasteiger partial charge on any atom is 0.335 e. The number of hydrogen-bond acceptors (Lipinski definition) is 6. The van der Waals surface area contributed by atoms with Crippen molar-refractivity contribution in [3.05, 3.63) is 50.5 Å². The summed E-state index contributed by atoms with van der Waals surface area (Å²) in [4.78, 5) is 39.9. The first-order valence-electron chi connectivity index (χ1n) is 9.16. The van der Waals surface area contributed by atoms with E-state index in [0.717, 1.165) is 42.8 Å². The number of nitrogens with one attached hydrogen (secondary N) is 2. The lowest BCUT2D eigenvalue weighted by atomic mass is 9.85. The van der Waals surface area contributed by atoms with Crippen molar-refractivity contribution < 1.29 is 14.0 Å². The summed E-state index contributed by atoms with van der Waals surface area (Å²) in [5.74, 6) is -0.237. The SMILES string of the molecule is CCc1csc(CNC(=O)C2CCC(NC(=O)c3ccc(=O)oc3)CC2)n1. The van der Waals surface area contributed by atoms with Gasteiger partial charge in [0.15, 0.2) is 0 Å². The zero-order valence-corrected chi connectivity index (χ0v) is 16.0. The van der Waals surface area contributed by atoms with Crippen LogP contribution >= 0.6 is 11.3 Å². The van der Waals surface area contributed by atoms with Crippen LogP contribution in [0.5, 0.6) is 0 Å². The Morgan fingerprint density at radius 2 is 2.04 bits per heavy atom. The highest BCUT2D eigenvalue weighted by molar-refractivity contribution is 7.09. The van der Waals surface area contributed by atoms with E-state index in [4.69, 9.17) is 4.42 Å². The highest BCUT2D eigenvalue weighted by atomic mass is 32.1. The second-order valence-corrected chi connectivity index (χ2v) is 7.61. The molecule has 0 saturated heterocycles. The highest BCUT2D eigenvalue weighted by Crippen LogP contribution is 2.25. The summed E-state index contributed by atoms with van der Waals surface area (Å²) < 4.78 is 4.72. The first kappa shape index (κ1) is 19.3. The highest BCUT2D eigenvalue weighted by Gasteiger charge is 2.27. The number of thiazole rings is 1. The number of amides is 2. The van der Waals surface area contributed by atoms with Crippen molar-refractivity contribution in [3.8, 4) is 0 Å². The molecule has 0 spiro atoms. The third-order valence-electron chi connectivity index (χ3n) is 4.77. The van der Waals surface area contributed by atoms with Crippen LogP contribution in [0.2, 0.25) is 0 Å². The van der Waals surface area contributed by atoms with Gasteiger partial charge in [0.25, 0.3) is 5.91 Å². The van der Waals surface area contributed by atoms with Crippen molar-refractivity contribution in [3.63, 3.8) is 0 Å². The lowest BCUT2D eigenvalue weighted by Crippen LogP contribution is -2.40. The molecule has 0 aromatic carbocycles. The molecular formula is C19H23N3O4S. The number of carbonyl (C=O) groups excluding carboxylic acids is 2. The molecule has 1 saturated carbocycles. The van der Waals surface area contributed by atoms with Crippen LogP contribution in [-0.2, 0) is 17.8 Å². The van der Waals surface area contributed by atoms with E-state index in [1.54, 1.807) is 11.3 Å². The van der Waals surface area contributed by atoms with Gasteiger partial charge >= 0.3 is 5.63 Å². The molecule has 27 heavy (non-hydrogen) atoms. The molecular weight excluding hydrogens is 366 g/mol. The summed E-state index contributed by atoms with van der Waals surface area (Å²) >= 11 is 1.57. The molecule has 8 heteroatoms. The molecule has 1 fully saturated rings. The molecule has 144 valence electrons. The summed E-state index contributed by atoms with van der Waals surface area (Å²) in [5.41, 5.74) is 0.893. The Hall–Kier alpha value is -2.48. The van der Waals surface area contributed by atoms with Gasteiger partial charge in [-0.25, -0.2) is 9.78 Å². The molecule has 0 aliphatic heterocycles. The Kier molecular flexibility index (Phi) is 6.39. The van der Waals surface area contributed by atoms with Crippen LogP contribution in [0.25, 0.3) is 0 Å². The monoisotopic (exact) mass is 389 g/mol. The van der Waals surface area contributed by atoms with Crippen LogP contribution in [0.3, 0.4) is 0 Å². The Balaban J connectivity index is 1.42. The molecule has 1 aliphatic rings. The standard InChI is InChI=1S/C19H23N3O4S/c1-2-14-11-27-16(21-14)9-20-18(24)12-3-6-15(7-4-12)22-19(25)13-5-8-17(23)26-10-13/h5,8,10-12,15H,2-4,6-7,9H2,1H3,(H,20,24)(H,22,25). The topological polar surface area (TPSA) is 101 Å². The minimum absolute atomic E-state index is 0.0274. The molecule has 0 bridgehead atoms. The van der Waals surface area contributed by atoms with Crippen molar-refractivity contribution in [1.82, 2.24) is 15.6 Å². The van der Waals surface area contributed by atoms with E-state index < -0.39 is 5.63 Å². The number of hydrogen-bond donors (Lipinski definition) is 2. The summed E-state index contributed by atoms with van der Waals surface area (Å²) in [5, 5.41) is 8.86. The lowest BCUT2D eigenvalue weighted by Gasteiger charge is -2.28. The molecule has 2 amide bonds. The van der Waals surface area contributed by atoms with Gasteiger partial charge < -0.3 is 15.1 Å². The van der Waals surface area contributed by atoms with Crippen LogP contribution in [0, 0.1) is 5.92 Å². The zero-order chi connectivity index (χ0) is 19.2. The second-order valence-electron chi connectivity index (χ2n) is 6.67. The minimum Gasteiger partial charge on any atom is -0.430 e. The average Bonchev–Trinajstić information content (AvgIpc) is 3.15. The van der Waals surface area contributed by atoms with Crippen LogP contribution < -0.4 is 16.3 Å². The summed E-state index contributed by atoms with van der Waals surface area (Å²) in [6.45, 7) is 2.53. The number of aromatic nitrogens is 1. The fourth-order valence-corrected chi connectivity index (χ4v) is 3.97. The predicted molar refractivity (Wildman–Crippen MR) is 102 cm³/mol. The van der Waals surface area contributed by atoms with Crippen molar-refractivity contribution in [1.29, 1.82) is 0 Å². The van der Waals surface area contributed by atoms with Gasteiger partial charge in [-0.1, -0.05) is 6.92 Å². The number of carbonyl (C=O) groups is 2. The molecule has 3 rings (SSSR count). The summed E-state index contributed by atoms with van der Waals surface area (Å²) in [6.07, 6.45) is 5.03. The Morgan fingerprint density at radius 1 is 1.26 bits per heavy atom. The second kappa shape index (κ2) is 8.94. The first-order chi connectivity index (χ1) is 13.0. The molecule has 2 heterocycles. The molecule has 2 N–H and O–H groups in total. The molecule has 7 nitrogen and oxygen atoms in total. The van der Waals surface area contributed by atoms with Crippen molar-refractivity contribution >= 4 is 23.2 Å². The minimum atomic E-state index is -0.485. The lowest BCUT2D eigenvalue weighted by molar-refractivity contribution is -0.126. The first-order valence-corrected chi connectivity index (χ1v) is 10.0. The van der Waals surface area contributed by atoms with Gasteiger partial charge in [-0.15, -0.1) is 11.3 Å². The summed E-state index contributed by atoms with van der Waals surface area (Å²) in [7, 11) is 0. The maximum absolute atomic E-state index is 12.4. The molecule has 0 radical (unpaired) electrons. The van der Waals surface area contributed by atoms with Crippen LogP contribution in [0.4, 0.5) is 0 Å². The number of aryl methyl sites for hydroxylation is 1. The molecule has 2 aromatic rings. The Bertz CT molecular complexity index is 832. The largest absolute Gasteiger partial charge is 0.430 e. The Morgan fingerprint density at radius 3 is 2.67 bits per heavy atom. The van der Waals surface area contributed by atoms with Crippen LogP contribution in [0.15, 0.2) is 33.0 Å². The van der Waals surface area contributed by atoms with E-state index in [1.165, 1.54) is 18.4 Å². The van der Waals surface area contributed by atoms with E-state index in [9.17, 15) is 14.4 Å². The van der Waals surface area contributed by atoms with Gasteiger partial charge in [0.1, 0.15) is 11.3 Å². The van der Waals surface area contributed by atoms with E-state index >= 15 is 0 Å². The van der Waals surface area contributed by atoms with Crippen LogP contribution in [0.1, 0.15) is 53.7 Å². The molecule has 0 atom stereocenters. The zero-order valence-electron chi connectivity index (χ0n) is 15.2. The maximum atomic E-state index is 12.4. The van der Waals surface area contributed by atoms with Crippen molar-refractivity contribution in [2.45, 2.75) is 51.6 Å². The molecule has 0 unspecified atom stereocenters. The normalized spacial score (nSPS) is 19.4. The fourth-order valence-electron chi connectivity index (χ4n) is 3.16. The predicted octanol–water partition coefficient (Wildman–Crippen LogP) is 2.26. The van der Waals surface area contributed by atoms with E-state index in [0.29, 0.717) is 12.1 Å². The molecule has 1 aliphatic carbocycles. The van der Waals surface area contributed by atoms with Gasteiger partial charge in [0.05, 0.1) is 17.8 Å². The van der Waals surface area contributed by atoms with Gasteiger partial charge in [-0.05, 0) is 38.2 Å². The number of nitrogens with zero attached hydrogens (tertiary/aromatic N) is 1. The van der Waals surface area contributed by atoms with Crippen LogP contribution in [-0.4, -0.2) is 22.8 Å².